The minimum absolute atomic E-state index is 0. The Bertz CT molecular complexity index is 1530. The van der Waals surface area contributed by atoms with Crippen LogP contribution < -0.4 is 10.1 Å². The first kappa shape index (κ1) is 31.4. The molecule has 3 aromatic carbocycles. The van der Waals surface area contributed by atoms with Gasteiger partial charge < -0.3 is 15.2 Å². The molecule has 0 atom stereocenters. The van der Waals surface area contributed by atoms with Gasteiger partial charge in [0.2, 0.25) is 5.91 Å². The van der Waals surface area contributed by atoms with E-state index in [1.165, 1.54) is 13.2 Å². The van der Waals surface area contributed by atoms with Crippen LogP contribution in [0.3, 0.4) is 0 Å². The predicted molar refractivity (Wildman–Crippen MR) is 128 cm³/mol. The zero-order chi connectivity index (χ0) is 24.6. The molecule has 0 heterocycles. The van der Waals surface area contributed by atoms with Gasteiger partial charge in [0.15, 0.2) is 5.75 Å². The number of phenols is 1. The number of carbonyl (C=O) groups is 1. The van der Waals surface area contributed by atoms with E-state index in [9.17, 15) is 35.8 Å². The maximum absolute atomic E-state index is 12.0. The Hall–Kier alpha value is -1.59. The number of hydrogen-bond donors (Lipinski definition) is 4. The number of ether oxygens (including phenoxy) is 1. The van der Waals surface area contributed by atoms with Crippen LogP contribution in [0.5, 0.6) is 11.5 Å². The summed E-state index contributed by atoms with van der Waals surface area (Å²) in [5, 5.41) is 20.4. The van der Waals surface area contributed by atoms with Crippen LogP contribution in [0.1, 0.15) is 6.92 Å². The summed E-state index contributed by atoms with van der Waals surface area (Å²) >= 11 is 0. The number of azo groups is 1. The number of carbonyl (C=O) groups excluding carboxylic acids is 1. The summed E-state index contributed by atoms with van der Waals surface area (Å²) in [6.07, 6.45) is 0. The molecule has 2 radical (unpaired) electrons. The molecule has 3 aromatic rings. The first-order valence-electron chi connectivity index (χ1n) is 8.94. The minimum Gasteiger partial charge on any atom is -0.505 e. The number of nitrogens with zero attached hydrogens (tertiary/aromatic N) is 2. The van der Waals surface area contributed by atoms with E-state index in [1.807, 2.05) is 0 Å². The SMILES string of the molecule is COc1ccccc1N=Nc1c(S(=O)(=O)O)cc2cc(S(=O)(=O)O)cc(NC(C)=O)c2c1O.[Na].[Na]. The second kappa shape index (κ2) is 12.1. The average Bonchev–Trinajstić information content (AvgIpc) is 2.70. The fourth-order valence-electron chi connectivity index (χ4n) is 3.01. The van der Waals surface area contributed by atoms with Crippen molar-refractivity contribution in [2.45, 2.75) is 16.7 Å². The van der Waals surface area contributed by atoms with Gasteiger partial charge in [-0.3, -0.25) is 13.9 Å². The quantitative estimate of drug-likeness (QED) is 0.206. The largest absolute Gasteiger partial charge is 0.505 e. The number of amides is 1. The van der Waals surface area contributed by atoms with Crippen molar-refractivity contribution in [2.75, 3.05) is 12.4 Å². The first-order valence-corrected chi connectivity index (χ1v) is 11.8. The number of methoxy groups -OCH3 is 1. The Morgan fingerprint density at radius 2 is 1.60 bits per heavy atom. The maximum atomic E-state index is 12.0. The Morgan fingerprint density at radius 1 is 0.971 bits per heavy atom. The molecule has 0 saturated carbocycles. The smallest absolute Gasteiger partial charge is 0.296 e. The van der Waals surface area contributed by atoms with Crippen LogP contribution in [0.25, 0.3) is 10.8 Å². The summed E-state index contributed by atoms with van der Waals surface area (Å²) in [6.45, 7) is 1.11. The molecule has 0 saturated heterocycles. The van der Waals surface area contributed by atoms with Crippen LogP contribution in [-0.4, -0.2) is 103 Å². The molecular weight excluding hydrogens is 524 g/mol. The van der Waals surface area contributed by atoms with Gasteiger partial charge in [-0.15, -0.1) is 10.2 Å². The van der Waals surface area contributed by atoms with Crippen molar-refractivity contribution in [1.82, 2.24) is 0 Å². The molecule has 4 N–H and O–H groups in total. The van der Waals surface area contributed by atoms with Gasteiger partial charge in [-0.05, 0) is 35.7 Å². The molecule has 0 aromatic heterocycles. The minimum atomic E-state index is -5.00. The molecule has 0 aliphatic carbocycles. The van der Waals surface area contributed by atoms with Crippen molar-refractivity contribution in [2.24, 2.45) is 10.2 Å². The number of rotatable bonds is 6. The van der Waals surface area contributed by atoms with E-state index in [0.29, 0.717) is 0 Å². The van der Waals surface area contributed by atoms with Crippen molar-refractivity contribution < 1.29 is 40.6 Å². The summed E-state index contributed by atoms with van der Waals surface area (Å²) in [4.78, 5) is 10.0. The van der Waals surface area contributed by atoms with Crippen LogP contribution in [0.15, 0.2) is 62.5 Å². The van der Waals surface area contributed by atoms with Crippen LogP contribution in [0, 0.1) is 0 Å². The number of fused-ring (bicyclic) bond motifs is 1. The zero-order valence-corrected chi connectivity index (χ0v) is 24.7. The molecule has 16 heteroatoms. The number of nitrogens with one attached hydrogen (secondary N) is 1. The first-order chi connectivity index (χ1) is 15.3. The van der Waals surface area contributed by atoms with E-state index in [4.69, 9.17) is 4.74 Å². The second-order valence-corrected chi connectivity index (χ2v) is 9.46. The van der Waals surface area contributed by atoms with Crippen LogP contribution in [-0.2, 0) is 25.0 Å². The van der Waals surface area contributed by atoms with Gasteiger partial charge in [0.05, 0.1) is 17.7 Å². The number of para-hydroxylation sites is 1. The summed E-state index contributed by atoms with van der Waals surface area (Å²) in [5.74, 6) is -1.20. The van der Waals surface area contributed by atoms with Gasteiger partial charge in [0.1, 0.15) is 22.0 Å². The summed E-state index contributed by atoms with van der Waals surface area (Å²) < 4.78 is 71.5. The third-order valence-electron chi connectivity index (χ3n) is 4.35. The van der Waals surface area contributed by atoms with E-state index in [-0.39, 0.29) is 87.0 Å². The predicted octanol–water partition coefficient (Wildman–Crippen LogP) is 2.66. The molecule has 176 valence electrons. The molecule has 0 spiro atoms. The zero-order valence-electron chi connectivity index (χ0n) is 19.0. The monoisotopic (exact) mass is 541 g/mol. The fraction of sp³-hybridized carbons (Fsp3) is 0.105. The normalized spacial score (nSPS) is 11.5. The summed E-state index contributed by atoms with van der Waals surface area (Å²) in [6, 6.07) is 8.85. The molecule has 0 bridgehead atoms. The molecule has 0 aliphatic heterocycles. The Labute approximate surface area is 244 Å². The number of aromatic hydroxyl groups is 1. The Kier molecular flexibility index (Phi) is 10.9. The molecular formula is C19H17N3Na2O9S2. The van der Waals surface area contributed by atoms with Gasteiger partial charge in [0.25, 0.3) is 20.2 Å². The third kappa shape index (κ3) is 7.22. The fourth-order valence-corrected chi connectivity index (χ4v) is 4.21. The molecule has 1 amide bonds. The van der Waals surface area contributed by atoms with E-state index in [1.54, 1.807) is 18.2 Å². The molecule has 0 aliphatic rings. The number of anilines is 1. The number of benzene rings is 3. The second-order valence-electron chi connectivity index (χ2n) is 6.64. The Balaban J connectivity index is 0.00000306. The molecule has 3 rings (SSSR count). The van der Waals surface area contributed by atoms with Gasteiger partial charge >= 0.3 is 0 Å². The molecule has 35 heavy (non-hydrogen) atoms. The van der Waals surface area contributed by atoms with Gasteiger partial charge in [-0.1, -0.05) is 12.1 Å². The standard InChI is InChI=1S/C19H17N3O9S2.2Na/c1-10(23)20-14-9-12(32(25,26)27)7-11-8-16(33(28,29)30)18(19(24)17(11)14)22-21-13-5-3-4-6-15(13)31-2;;/h3-9,24H,1-2H3,(H,20,23)(H,25,26,27)(H,28,29,30);;. The van der Waals surface area contributed by atoms with E-state index in [0.717, 1.165) is 25.1 Å². The van der Waals surface area contributed by atoms with Crippen molar-refractivity contribution in [3.63, 3.8) is 0 Å². The van der Waals surface area contributed by atoms with Crippen molar-refractivity contribution in [3.8, 4) is 11.5 Å². The average molecular weight is 541 g/mol. The van der Waals surface area contributed by atoms with Crippen LogP contribution in [0.2, 0.25) is 0 Å². The molecule has 0 fully saturated rings. The van der Waals surface area contributed by atoms with Gasteiger partial charge in [0, 0.05) is 71.4 Å². The van der Waals surface area contributed by atoms with Crippen molar-refractivity contribution in [3.05, 3.63) is 42.5 Å². The molecule has 12 nitrogen and oxygen atoms in total. The maximum Gasteiger partial charge on any atom is 0.296 e. The van der Waals surface area contributed by atoms with Crippen molar-refractivity contribution in [1.29, 1.82) is 0 Å². The van der Waals surface area contributed by atoms with Gasteiger partial charge in [-0.25, -0.2) is 0 Å². The van der Waals surface area contributed by atoms with E-state index < -0.39 is 47.4 Å². The van der Waals surface area contributed by atoms with E-state index in [2.05, 4.69) is 15.5 Å². The van der Waals surface area contributed by atoms with Gasteiger partial charge in [-0.2, -0.15) is 16.8 Å². The summed E-state index contributed by atoms with van der Waals surface area (Å²) in [7, 11) is -8.40. The summed E-state index contributed by atoms with van der Waals surface area (Å²) in [5.41, 5.74) is -0.771. The van der Waals surface area contributed by atoms with E-state index >= 15 is 0 Å². The number of phenolic OH excluding ortho intramolecular Hbond substituents is 1. The van der Waals surface area contributed by atoms with Crippen LogP contribution >= 0.6 is 0 Å². The number of hydrogen-bond acceptors (Lipinski definition) is 9. The topological polar surface area (TPSA) is 192 Å². The van der Waals surface area contributed by atoms with Crippen molar-refractivity contribution >= 4 is 113 Å². The molecule has 0 unspecified atom stereocenters. The Morgan fingerprint density at radius 3 is 2.14 bits per heavy atom. The van der Waals surface area contributed by atoms with Crippen LogP contribution in [0.4, 0.5) is 17.1 Å². The third-order valence-corrected chi connectivity index (χ3v) is 6.05.